The first-order chi connectivity index (χ1) is 11.8. The second kappa shape index (κ2) is 6.69. The number of hydrogen-bond donors (Lipinski definition) is 0. The van der Waals surface area contributed by atoms with Gasteiger partial charge in [-0.25, -0.2) is 0 Å². The third kappa shape index (κ3) is 3.44. The number of nitrogens with zero attached hydrogens (tertiary/aromatic N) is 1. The summed E-state index contributed by atoms with van der Waals surface area (Å²) < 4.78 is 17.3. The van der Waals surface area contributed by atoms with Crippen molar-refractivity contribution in [2.75, 3.05) is 27.8 Å². The standard InChI is InChI=1S/C20H31NO3Si/c1-21-12-11-20(15-7-8-17(22-2)18(13-15)23-3)10-9-16(14-19(20)21)24-25(4,5)6/h7-8,13-14,19H,9-12H2,1-6H3. The van der Waals surface area contributed by atoms with Crippen LogP contribution in [0.5, 0.6) is 11.5 Å². The summed E-state index contributed by atoms with van der Waals surface area (Å²) >= 11 is 0. The summed E-state index contributed by atoms with van der Waals surface area (Å²) in [6.07, 6.45) is 5.68. The normalized spacial score (nSPS) is 26.8. The maximum Gasteiger partial charge on any atom is 0.241 e. The smallest absolute Gasteiger partial charge is 0.241 e. The molecule has 3 rings (SSSR count). The van der Waals surface area contributed by atoms with Gasteiger partial charge in [-0.2, -0.15) is 0 Å². The molecule has 4 nitrogen and oxygen atoms in total. The Hall–Kier alpha value is -1.46. The minimum absolute atomic E-state index is 0.139. The molecule has 2 atom stereocenters. The van der Waals surface area contributed by atoms with Crippen LogP contribution in [0.3, 0.4) is 0 Å². The topological polar surface area (TPSA) is 30.9 Å². The zero-order valence-electron chi connectivity index (χ0n) is 16.4. The first-order valence-electron chi connectivity index (χ1n) is 9.11. The Labute approximate surface area is 152 Å². The largest absolute Gasteiger partial charge is 0.548 e. The molecule has 138 valence electrons. The van der Waals surface area contributed by atoms with E-state index in [2.05, 4.69) is 49.8 Å². The highest BCUT2D eigenvalue weighted by Gasteiger charge is 2.48. The summed E-state index contributed by atoms with van der Waals surface area (Å²) in [4.78, 5) is 2.46. The fraction of sp³-hybridized carbons (Fsp3) is 0.600. The minimum atomic E-state index is -1.56. The third-order valence-electron chi connectivity index (χ3n) is 5.51. The molecule has 2 unspecified atom stereocenters. The summed E-state index contributed by atoms with van der Waals surface area (Å²) in [5.41, 5.74) is 1.49. The van der Waals surface area contributed by atoms with Crippen molar-refractivity contribution in [3.8, 4) is 11.5 Å². The fourth-order valence-electron chi connectivity index (χ4n) is 4.33. The van der Waals surface area contributed by atoms with Crippen molar-refractivity contribution in [2.24, 2.45) is 0 Å². The lowest BCUT2D eigenvalue weighted by atomic mass is 9.68. The van der Waals surface area contributed by atoms with E-state index in [-0.39, 0.29) is 5.41 Å². The van der Waals surface area contributed by atoms with Crippen LogP contribution in [0.25, 0.3) is 0 Å². The zero-order chi connectivity index (χ0) is 18.2. The Bertz CT molecular complexity index is 667. The van der Waals surface area contributed by atoms with Gasteiger partial charge in [0.2, 0.25) is 8.32 Å². The molecule has 0 radical (unpaired) electrons. The van der Waals surface area contributed by atoms with Gasteiger partial charge in [-0.1, -0.05) is 6.07 Å². The van der Waals surface area contributed by atoms with E-state index < -0.39 is 8.32 Å². The van der Waals surface area contributed by atoms with Crippen molar-refractivity contribution in [1.29, 1.82) is 0 Å². The Kier molecular flexibility index (Phi) is 4.90. The van der Waals surface area contributed by atoms with Gasteiger partial charge in [-0.15, -0.1) is 0 Å². The highest BCUT2D eigenvalue weighted by atomic mass is 28.4. The molecule has 5 heteroatoms. The molecule has 0 aromatic heterocycles. The van der Waals surface area contributed by atoms with E-state index in [0.29, 0.717) is 6.04 Å². The quantitative estimate of drug-likeness (QED) is 0.736. The first kappa shape index (κ1) is 18.3. The molecule has 0 amide bonds. The summed E-state index contributed by atoms with van der Waals surface area (Å²) in [5.74, 6) is 2.80. The van der Waals surface area contributed by atoms with Crippen LogP contribution in [0, 0.1) is 0 Å². The number of benzene rings is 1. The lowest BCUT2D eigenvalue weighted by molar-refractivity contribution is 0.239. The SMILES string of the molecule is COc1ccc(C23CCC(O[Si](C)(C)C)=CC2N(C)CC3)cc1OC. The summed E-state index contributed by atoms with van der Waals surface area (Å²) in [6.45, 7) is 7.86. The maximum atomic E-state index is 6.33. The van der Waals surface area contributed by atoms with Gasteiger partial charge >= 0.3 is 0 Å². The number of likely N-dealkylation sites (N-methyl/N-ethyl adjacent to an activating group) is 1. The average molecular weight is 362 g/mol. The molecule has 1 fully saturated rings. The van der Waals surface area contributed by atoms with Crippen molar-refractivity contribution in [3.05, 3.63) is 35.6 Å². The minimum Gasteiger partial charge on any atom is -0.548 e. The van der Waals surface area contributed by atoms with E-state index in [0.717, 1.165) is 30.9 Å². The number of methoxy groups -OCH3 is 2. The van der Waals surface area contributed by atoms with Gasteiger partial charge in [0.15, 0.2) is 11.5 Å². The fourth-order valence-corrected chi connectivity index (χ4v) is 5.29. The van der Waals surface area contributed by atoms with Gasteiger partial charge in [0.05, 0.1) is 20.0 Å². The van der Waals surface area contributed by atoms with E-state index in [1.165, 1.54) is 17.7 Å². The lowest BCUT2D eigenvalue weighted by Gasteiger charge is -2.41. The monoisotopic (exact) mass is 361 g/mol. The van der Waals surface area contributed by atoms with Crippen LogP contribution in [-0.2, 0) is 9.84 Å². The number of allylic oxidation sites excluding steroid dienone is 1. The molecule has 25 heavy (non-hydrogen) atoms. The van der Waals surface area contributed by atoms with Gasteiger partial charge < -0.3 is 13.9 Å². The molecule has 1 aromatic carbocycles. The van der Waals surface area contributed by atoms with Crippen LogP contribution in [0.2, 0.25) is 19.6 Å². The molecule has 0 N–H and O–H groups in total. The van der Waals surface area contributed by atoms with Crippen LogP contribution in [0.15, 0.2) is 30.0 Å². The van der Waals surface area contributed by atoms with Crippen LogP contribution in [0.1, 0.15) is 24.8 Å². The Morgan fingerprint density at radius 3 is 2.44 bits per heavy atom. The Morgan fingerprint density at radius 1 is 1.08 bits per heavy atom. The number of hydrogen-bond acceptors (Lipinski definition) is 4. The van der Waals surface area contributed by atoms with Crippen LogP contribution in [-0.4, -0.2) is 47.1 Å². The van der Waals surface area contributed by atoms with Crippen LogP contribution in [0.4, 0.5) is 0 Å². The predicted octanol–water partition coefficient (Wildman–Crippen LogP) is 4.17. The van der Waals surface area contributed by atoms with Gasteiger partial charge in [0, 0.05) is 17.9 Å². The van der Waals surface area contributed by atoms with Gasteiger partial charge in [0.25, 0.3) is 0 Å². The lowest BCUT2D eigenvalue weighted by Crippen LogP contribution is -2.43. The van der Waals surface area contributed by atoms with Crippen molar-refractivity contribution in [2.45, 2.75) is 50.4 Å². The van der Waals surface area contributed by atoms with Crippen molar-refractivity contribution in [3.63, 3.8) is 0 Å². The van der Waals surface area contributed by atoms with E-state index >= 15 is 0 Å². The molecule has 1 aliphatic heterocycles. The molecule has 1 saturated heterocycles. The summed E-state index contributed by atoms with van der Waals surface area (Å²) in [5, 5.41) is 0. The van der Waals surface area contributed by atoms with Crippen molar-refractivity contribution >= 4 is 8.32 Å². The number of likely N-dealkylation sites (tertiary alicyclic amines) is 1. The maximum absolute atomic E-state index is 6.33. The molecular formula is C20H31NO3Si. The average Bonchev–Trinajstić information content (AvgIpc) is 2.91. The zero-order valence-corrected chi connectivity index (χ0v) is 17.4. The Morgan fingerprint density at radius 2 is 1.80 bits per heavy atom. The predicted molar refractivity (Wildman–Crippen MR) is 104 cm³/mol. The van der Waals surface area contributed by atoms with Crippen LogP contribution < -0.4 is 9.47 Å². The highest BCUT2D eigenvalue weighted by molar-refractivity contribution is 6.70. The second-order valence-corrected chi connectivity index (χ2v) is 12.7. The molecule has 1 heterocycles. The molecule has 1 aromatic rings. The highest BCUT2D eigenvalue weighted by Crippen LogP contribution is 2.49. The van der Waals surface area contributed by atoms with Gasteiger partial charge in [0.1, 0.15) is 0 Å². The van der Waals surface area contributed by atoms with Gasteiger partial charge in [-0.05, 0) is 69.8 Å². The summed E-state index contributed by atoms with van der Waals surface area (Å²) in [7, 11) is 4.05. The molecular weight excluding hydrogens is 330 g/mol. The summed E-state index contributed by atoms with van der Waals surface area (Å²) in [6, 6.07) is 6.80. The van der Waals surface area contributed by atoms with Crippen molar-refractivity contribution in [1.82, 2.24) is 4.90 Å². The first-order valence-corrected chi connectivity index (χ1v) is 12.5. The molecule has 1 aliphatic carbocycles. The van der Waals surface area contributed by atoms with E-state index in [9.17, 15) is 0 Å². The molecule has 2 aliphatic rings. The molecule has 0 spiro atoms. The van der Waals surface area contributed by atoms with Crippen molar-refractivity contribution < 1.29 is 13.9 Å². The number of fused-ring (bicyclic) bond motifs is 1. The number of ether oxygens (including phenoxy) is 2. The third-order valence-corrected chi connectivity index (χ3v) is 6.38. The molecule has 0 bridgehead atoms. The second-order valence-electron chi connectivity index (χ2n) is 8.25. The van der Waals surface area contributed by atoms with E-state index in [4.69, 9.17) is 13.9 Å². The van der Waals surface area contributed by atoms with E-state index in [1.54, 1.807) is 14.2 Å². The molecule has 0 saturated carbocycles. The Balaban J connectivity index is 1.98. The van der Waals surface area contributed by atoms with E-state index in [1.807, 2.05) is 6.07 Å². The van der Waals surface area contributed by atoms with Crippen LogP contribution >= 0.6 is 0 Å². The van der Waals surface area contributed by atoms with Gasteiger partial charge in [-0.3, -0.25) is 4.90 Å². The number of rotatable bonds is 5.